The van der Waals surface area contributed by atoms with E-state index in [4.69, 9.17) is 5.73 Å². The molecule has 0 saturated heterocycles. The van der Waals surface area contributed by atoms with Crippen molar-refractivity contribution in [2.24, 2.45) is 12.8 Å². The van der Waals surface area contributed by atoms with Gasteiger partial charge in [-0.3, -0.25) is 0 Å². The molecule has 0 amide bonds. The fourth-order valence-corrected chi connectivity index (χ4v) is 1.04. The molecule has 0 fully saturated rings. The summed E-state index contributed by atoms with van der Waals surface area (Å²) in [5.41, 5.74) is 6.05. The van der Waals surface area contributed by atoms with Gasteiger partial charge in [-0.2, -0.15) is 0 Å². The Kier molecular flexibility index (Phi) is 2.81. The van der Waals surface area contributed by atoms with Gasteiger partial charge in [-0.1, -0.05) is 0 Å². The van der Waals surface area contributed by atoms with Crippen LogP contribution in [0.3, 0.4) is 0 Å². The van der Waals surface area contributed by atoms with E-state index in [2.05, 4.69) is 0 Å². The fourth-order valence-electron chi connectivity index (χ4n) is 1.04. The average Bonchev–Trinajstić information content (AvgIpc) is 2.36. The van der Waals surface area contributed by atoms with Crippen LogP contribution in [0.2, 0.25) is 0 Å². The number of nitrogens with zero attached hydrogens (tertiary/aromatic N) is 1. The molecule has 68 valence electrons. The van der Waals surface area contributed by atoms with Gasteiger partial charge in [-0.25, -0.2) is 8.78 Å². The Balaban J connectivity index is 2.58. The highest BCUT2D eigenvalue weighted by Gasteiger charge is 2.16. The van der Waals surface area contributed by atoms with E-state index in [1.165, 1.54) is 0 Å². The van der Waals surface area contributed by atoms with Gasteiger partial charge < -0.3 is 10.3 Å². The zero-order valence-electron chi connectivity index (χ0n) is 6.87. The van der Waals surface area contributed by atoms with Gasteiger partial charge in [0.25, 0.3) is 6.43 Å². The van der Waals surface area contributed by atoms with Crippen LogP contribution in [0.1, 0.15) is 5.69 Å². The first-order valence-corrected chi connectivity index (χ1v) is 3.75. The Morgan fingerprint density at radius 2 is 2.25 bits per heavy atom. The Bertz CT molecular complexity index is 245. The maximum Gasteiger partial charge on any atom is 0.253 e. The first-order valence-electron chi connectivity index (χ1n) is 3.75. The van der Waals surface area contributed by atoms with Gasteiger partial charge in [0.15, 0.2) is 0 Å². The van der Waals surface area contributed by atoms with E-state index >= 15 is 0 Å². The van der Waals surface area contributed by atoms with Gasteiger partial charge in [0.2, 0.25) is 0 Å². The molecule has 0 aliphatic carbocycles. The average molecular weight is 174 g/mol. The highest BCUT2D eigenvalue weighted by molar-refractivity contribution is 5.08. The van der Waals surface area contributed by atoms with Crippen molar-refractivity contribution in [1.82, 2.24) is 4.57 Å². The zero-order valence-corrected chi connectivity index (χ0v) is 6.87. The first kappa shape index (κ1) is 9.19. The lowest BCUT2D eigenvalue weighted by atomic mass is 10.2. The van der Waals surface area contributed by atoms with E-state index in [1.807, 2.05) is 19.3 Å². The highest BCUT2D eigenvalue weighted by Crippen LogP contribution is 2.07. The van der Waals surface area contributed by atoms with Crippen LogP contribution in [0.25, 0.3) is 0 Å². The van der Waals surface area contributed by atoms with Crippen molar-refractivity contribution >= 4 is 0 Å². The number of alkyl halides is 2. The number of halogens is 2. The van der Waals surface area contributed by atoms with Crippen molar-refractivity contribution in [3.8, 4) is 0 Å². The van der Waals surface area contributed by atoms with Crippen molar-refractivity contribution in [2.45, 2.75) is 18.9 Å². The quantitative estimate of drug-likeness (QED) is 0.732. The number of aryl methyl sites for hydroxylation is 1. The molecule has 0 saturated carbocycles. The third kappa shape index (κ3) is 2.04. The van der Waals surface area contributed by atoms with Crippen LogP contribution in [0, 0.1) is 0 Å². The van der Waals surface area contributed by atoms with Crippen molar-refractivity contribution in [2.75, 3.05) is 0 Å². The van der Waals surface area contributed by atoms with Crippen molar-refractivity contribution in [3.63, 3.8) is 0 Å². The molecule has 0 aliphatic heterocycles. The number of hydrogen-bond acceptors (Lipinski definition) is 1. The van der Waals surface area contributed by atoms with Gasteiger partial charge in [-0.05, 0) is 12.1 Å². The van der Waals surface area contributed by atoms with Crippen molar-refractivity contribution in [1.29, 1.82) is 0 Å². The third-order valence-corrected chi connectivity index (χ3v) is 1.82. The van der Waals surface area contributed by atoms with Crippen LogP contribution in [-0.2, 0) is 13.5 Å². The fraction of sp³-hybridized carbons (Fsp3) is 0.500. The molecule has 4 heteroatoms. The molecule has 1 atom stereocenters. The van der Waals surface area contributed by atoms with Crippen LogP contribution in [0.15, 0.2) is 18.3 Å². The van der Waals surface area contributed by atoms with Crippen LogP contribution in [0.5, 0.6) is 0 Å². The number of nitrogens with two attached hydrogens (primary N) is 1. The molecule has 2 N–H and O–H groups in total. The number of hydrogen-bond donors (Lipinski definition) is 1. The minimum Gasteiger partial charge on any atom is -0.354 e. The van der Waals surface area contributed by atoms with E-state index in [0.717, 1.165) is 5.69 Å². The first-order chi connectivity index (χ1) is 5.61. The van der Waals surface area contributed by atoms with E-state index in [1.54, 1.807) is 10.6 Å². The van der Waals surface area contributed by atoms with Crippen LogP contribution >= 0.6 is 0 Å². The Labute approximate surface area is 70.0 Å². The molecule has 0 radical (unpaired) electrons. The molecule has 0 spiro atoms. The Hall–Kier alpha value is -0.900. The summed E-state index contributed by atoms with van der Waals surface area (Å²) in [7, 11) is 1.81. The topological polar surface area (TPSA) is 30.9 Å². The molecule has 0 bridgehead atoms. The second-order valence-electron chi connectivity index (χ2n) is 2.81. The van der Waals surface area contributed by atoms with E-state index < -0.39 is 12.5 Å². The second kappa shape index (κ2) is 3.67. The normalized spacial score (nSPS) is 13.8. The molecule has 12 heavy (non-hydrogen) atoms. The molecule has 1 unspecified atom stereocenters. The van der Waals surface area contributed by atoms with Gasteiger partial charge in [0.05, 0.1) is 6.04 Å². The smallest absolute Gasteiger partial charge is 0.253 e. The standard InChI is InChI=1S/C8H12F2N2/c1-12-4-2-3-6(12)5-7(11)8(9)10/h2-4,7-8H,5,11H2,1H3. The van der Waals surface area contributed by atoms with E-state index in [-0.39, 0.29) is 6.42 Å². The maximum absolute atomic E-state index is 12.0. The van der Waals surface area contributed by atoms with E-state index in [9.17, 15) is 8.78 Å². The molecule has 1 aromatic heterocycles. The summed E-state index contributed by atoms with van der Waals surface area (Å²) in [6, 6.07) is 2.55. The van der Waals surface area contributed by atoms with Gasteiger partial charge in [-0.15, -0.1) is 0 Å². The summed E-state index contributed by atoms with van der Waals surface area (Å²) >= 11 is 0. The molecule has 1 aromatic rings. The lowest BCUT2D eigenvalue weighted by molar-refractivity contribution is 0.115. The predicted octanol–water partition coefficient (Wildman–Crippen LogP) is 1.16. The van der Waals surface area contributed by atoms with Gasteiger partial charge >= 0.3 is 0 Å². The van der Waals surface area contributed by atoms with Crippen LogP contribution in [0.4, 0.5) is 8.78 Å². The molecule has 0 aliphatic rings. The van der Waals surface area contributed by atoms with Crippen LogP contribution < -0.4 is 5.73 Å². The molecular weight excluding hydrogens is 162 g/mol. The SMILES string of the molecule is Cn1cccc1CC(N)C(F)F. The molecule has 1 rings (SSSR count). The molecule has 1 heterocycles. The van der Waals surface area contributed by atoms with Crippen LogP contribution in [-0.4, -0.2) is 17.0 Å². The highest BCUT2D eigenvalue weighted by atomic mass is 19.3. The molecular formula is C8H12F2N2. The summed E-state index contributed by atoms with van der Waals surface area (Å²) in [6.07, 6.45) is -0.408. The van der Waals surface area contributed by atoms with Crippen molar-refractivity contribution < 1.29 is 8.78 Å². The molecule has 2 nitrogen and oxygen atoms in total. The maximum atomic E-state index is 12.0. The van der Waals surface area contributed by atoms with Crippen molar-refractivity contribution in [3.05, 3.63) is 24.0 Å². The minimum absolute atomic E-state index is 0.223. The summed E-state index contributed by atoms with van der Waals surface area (Å²) < 4.78 is 25.8. The predicted molar refractivity (Wildman–Crippen MR) is 43.1 cm³/mol. The lowest BCUT2D eigenvalue weighted by Gasteiger charge is -2.10. The minimum atomic E-state index is -2.44. The summed E-state index contributed by atoms with van der Waals surface area (Å²) in [5.74, 6) is 0. The summed E-state index contributed by atoms with van der Waals surface area (Å²) in [5, 5.41) is 0. The monoisotopic (exact) mass is 174 g/mol. The summed E-state index contributed by atoms with van der Waals surface area (Å²) in [4.78, 5) is 0. The Morgan fingerprint density at radius 3 is 2.67 bits per heavy atom. The Morgan fingerprint density at radius 1 is 1.58 bits per heavy atom. The zero-order chi connectivity index (χ0) is 9.14. The van der Waals surface area contributed by atoms with Gasteiger partial charge in [0, 0.05) is 25.4 Å². The second-order valence-corrected chi connectivity index (χ2v) is 2.81. The van der Waals surface area contributed by atoms with Gasteiger partial charge in [0.1, 0.15) is 0 Å². The number of rotatable bonds is 3. The molecule has 0 aromatic carbocycles. The third-order valence-electron chi connectivity index (χ3n) is 1.82. The summed E-state index contributed by atoms with van der Waals surface area (Å²) in [6.45, 7) is 0. The number of aromatic nitrogens is 1. The largest absolute Gasteiger partial charge is 0.354 e. The lowest BCUT2D eigenvalue weighted by Crippen LogP contribution is -2.31. The van der Waals surface area contributed by atoms with E-state index in [0.29, 0.717) is 0 Å².